The van der Waals surface area contributed by atoms with Gasteiger partial charge >= 0.3 is 0 Å². The van der Waals surface area contributed by atoms with Crippen LogP contribution in [0.2, 0.25) is 5.02 Å². The topological polar surface area (TPSA) is 142 Å². The van der Waals surface area contributed by atoms with Crippen molar-refractivity contribution in [2.75, 3.05) is 5.73 Å². The number of anilines is 1. The lowest BCUT2D eigenvalue weighted by atomic mass is 9.90. The highest BCUT2D eigenvalue weighted by Crippen LogP contribution is 2.39. The average Bonchev–Trinajstić information content (AvgIpc) is 2.92. The van der Waals surface area contributed by atoms with E-state index in [1.54, 1.807) is 0 Å². The summed E-state index contributed by atoms with van der Waals surface area (Å²) >= 11 is 12.4. The number of hydrogen-bond donors (Lipinski definition) is 5. The van der Waals surface area contributed by atoms with Crippen LogP contribution in [0.25, 0.3) is 11.0 Å². The first kappa shape index (κ1) is 22.2. The normalized spacial score (nSPS) is 12.6. The number of aliphatic hydroxyl groups is 4. The van der Waals surface area contributed by atoms with Gasteiger partial charge in [-0.2, -0.15) is 0 Å². The Morgan fingerprint density at radius 1 is 1.24 bits per heavy atom. The van der Waals surface area contributed by atoms with E-state index in [0.717, 1.165) is 12.1 Å². The minimum absolute atomic E-state index is 0.0110. The van der Waals surface area contributed by atoms with E-state index < -0.39 is 29.1 Å². The van der Waals surface area contributed by atoms with E-state index in [4.69, 9.17) is 25.2 Å². The third-order valence-corrected chi connectivity index (χ3v) is 5.80. The Kier molecular flexibility index (Phi) is 5.58. The molecule has 1 aromatic heterocycles. The molecule has 6 N–H and O–H groups in total. The Balaban J connectivity index is 2.29. The maximum atomic E-state index is 13.6. The monoisotopic (exact) mass is 547 g/mol. The largest absolute Gasteiger partial charge is 0.369 e. The summed E-state index contributed by atoms with van der Waals surface area (Å²) in [6.45, 7) is 0. The molecule has 0 fully saturated rings. The van der Waals surface area contributed by atoms with E-state index in [2.05, 4.69) is 36.8 Å². The van der Waals surface area contributed by atoms with Crippen molar-refractivity contribution in [1.82, 2.24) is 9.55 Å². The number of nitrogens with two attached hydrogens (primary N) is 1. The number of nitrogen functional groups attached to an aromatic ring is 1. The Bertz CT molecular complexity index is 1170. The van der Waals surface area contributed by atoms with E-state index in [1.165, 1.54) is 12.1 Å². The molecule has 0 unspecified atom stereocenters. The molecule has 0 saturated carbocycles. The molecule has 0 amide bonds. The maximum Gasteiger partial charge on any atom is 0.299 e. The molecule has 3 rings (SSSR count). The number of carbonyl (C=O) groups excluding carboxylic acids is 1. The second kappa shape index (κ2) is 7.31. The summed E-state index contributed by atoms with van der Waals surface area (Å²) in [4.78, 5) is 16.9. The van der Waals surface area contributed by atoms with Gasteiger partial charge in [-0.05, 0) is 56.1 Å². The Morgan fingerprint density at radius 3 is 2.45 bits per heavy atom. The molecular formula is C16H10BBr2ClFN3O5. The lowest BCUT2D eigenvalue weighted by molar-refractivity contribution is -0.361. The van der Waals surface area contributed by atoms with Gasteiger partial charge in [0.1, 0.15) is 11.3 Å². The fraction of sp³-hybridized carbons (Fsp3) is 0.125. The molecule has 13 heteroatoms. The fourth-order valence-corrected chi connectivity index (χ4v) is 4.42. The van der Waals surface area contributed by atoms with E-state index >= 15 is 0 Å². The number of fused-ring (bicyclic) bond motifs is 1. The molecule has 0 saturated heterocycles. The van der Waals surface area contributed by atoms with E-state index in [-0.39, 0.29) is 36.1 Å². The van der Waals surface area contributed by atoms with Crippen LogP contribution in [0.1, 0.15) is 15.9 Å². The van der Waals surface area contributed by atoms with Crippen molar-refractivity contribution in [3.63, 3.8) is 0 Å². The molecule has 0 aliphatic carbocycles. The van der Waals surface area contributed by atoms with E-state index in [9.17, 15) is 29.6 Å². The minimum atomic E-state index is -3.50. The quantitative estimate of drug-likeness (QED) is 0.189. The smallest absolute Gasteiger partial charge is 0.299 e. The van der Waals surface area contributed by atoms with Crippen molar-refractivity contribution < 1.29 is 29.6 Å². The van der Waals surface area contributed by atoms with E-state index in [0.29, 0.717) is 4.57 Å². The van der Waals surface area contributed by atoms with Gasteiger partial charge in [-0.25, -0.2) is 9.37 Å². The standard InChI is InChI=1S/C16H10BBr2ClFN3O5/c17-15(26,27)16(28,29)24-9-4-7(18)10(11(19)12(9)23-14(24)22)13(25)6-3-5(21)1-2-8(6)20/h1-4,26-29H,(H2,22,23). The average molecular weight is 549 g/mol. The Hall–Kier alpha value is -1.54. The van der Waals surface area contributed by atoms with Gasteiger partial charge in [-0.1, -0.05) is 11.6 Å². The number of rotatable bonds is 4. The number of carbonyl (C=O) groups is 1. The Labute approximate surface area is 185 Å². The number of aromatic nitrogens is 2. The summed E-state index contributed by atoms with van der Waals surface area (Å²) in [5, 5.41) is 39.2. The highest BCUT2D eigenvalue weighted by Gasteiger charge is 2.46. The second-order valence-electron chi connectivity index (χ2n) is 6.04. The molecule has 29 heavy (non-hydrogen) atoms. The second-order valence-corrected chi connectivity index (χ2v) is 8.09. The number of halogens is 4. The molecule has 150 valence electrons. The highest BCUT2D eigenvalue weighted by molar-refractivity contribution is 9.11. The molecule has 0 spiro atoms. The van der Waals surface area contributed by atoms with Crippen LogP contribution in [-0.4, -0.2) is 49.3 Å². The molecule has 2 aromatic carbocycles. The van der Waals surface area contributed by atoms with Crippen LogP contribution in [-0.2, 0) is 5.91 Å². The van der Waals surface area contributed by atoms with E-state index in [1.807, 2.05) is 0 Å². The van der Waals surface area contributed by atoms with Crippen molar-refractivity contribution >= 4 is 74.1 Å². The minimum Gasteiger partial charge on any atom is -0.369 e. The van der Waals surface area contributed by atoms with Crippen LogP contribution in [0.5, 0.6) is 0 Å². The van der Waals surface area contributed by atoms with Crippen LogP contribution in [0.15, 0.2) is 33.2 Å². The molecule has 1 heterocycles. The van der Waals surface area contributed by atoms with Crippen molar-refractivity contribution in [2.45, 2.75) is 11.6 Å². The lowest BCUT2D eigenvalue weighted by Crippen LogP contribution is -2.56. The molecule has 3 aromatic rings. The number of ketones is 1. The van der Waals surface area contributed by atoms with Crippen LogP contribution < -0.4 is 5.73 Å². The maximum absolute atomic E-state index is 13.6. The van der Waals surface area contributed by atoms with Gasteiger partial charge in [-0.3, -0.25) is 9.36 Å². The predicted molar refractivity (Wildman–Crippen MR) is 110 cm³/mol. The van der Waals surface area contributed by atoms with Gasteiger partial charge in [-0.15, -0.1) is 0 Å². The first-order chi connectivity index (χ1) is 13.3. The van der Waals surface area contributed by atoms with Gasteiger partial charge in [0, 0.05) is 10.0 Å². The molecule has 2 radical (unpaired) electrons. The summed E-state index contributed by atoms with van der Waals surface area (Å²) in [6, 6.07) is 4.51. The van der Waals surface area contributed by atoms with Crippen LogP contribution >= 0.6 is 43.5 Å². The number of hydrogen-bond acceptors (Lipinski definition) is 7. The van der Waals surface area contributed by atoms with Gasteiger partial charge < -0.3 is 26.2 Å². The number of nitrogens with zero attached hydrogens (tertiary/aromatic N) is 2. The van der Waals surface area contributed by atoms with Crippen molar-refractivity contribution in [3.05, 3.63) is 55.2 Å². The van der Waals surface area contributed by atoms with Crippen molar-refractivity contribution in [2.24, 2.45) is 0 Å². The highest BCUT2D eigenvalue weighted by atomic mass is 79.9. The zero-order valence-corrected chi connectivity index (χ0v) is 18.0. The molecule has 8 nitrogen and oxygen atoms in total. The lowest BCUT2D eigenvalue weighted by Gasteiger charge is -2.34. The fourth-order valence-electron chi connectivity index (χ4n) is 2.67. The summed E-state index contributed by atoms with van der Waals surface area (Å²) in [6.07, 6.45) is 0. The summed E-state index contributed by atoms with van der Waals surface area (Å²) in [5.74, 6) is -5.36. The summed E-state index contributed by atoms with van der Waals surface area (Å²) < 4.78 is 14.2. The third-order valence-electron chi connectivity index (χ3n) is 4.07. The SMILES string of the molecule is [B]C(O)(O)C(O)(O)n1c(N)nc2c(Br)c(C(=O)c3cc(F)ccc3Cl)c(Br)cc21. The van der Waals surface area contributed by atoms with Gasteiger partial charge in [0.15, 0.2) is 19.3 Å². The van der Waals surface area contributed by atoms with Crippen LogP contribution in [0.4, 0.5) is 10.3 Å². The summed E-state index contributed by atoms with van der Waals surface area (Å²) in [7, 11) is 5.00. The van der Waals surface area contributed by atoms with Gasteiger partial charge in [0.25, 0.3) is 5.91 Å². The molecule has 0 bridgehead atoms. The van der Waals surface area contributed by atoms with Crippen LogP contribution in [0.3, 0.4) is 0 Å². The first-order valence-electron chi connectivity index (χ1n) is 7.62. The van der Waals surface area contributed by atoms with Crippen molar-refractivity contribution in [3.8, 4) is 0 Å². The first-order valence-corrected chi connectivity index (χ1v) is 9.58. The molecular weight excluding hydrogens is 539 g/mol. The molecule has 0 aliphatic heterocycles. The predicted octanol–water partition coefficient (Wildman–Crippen LogP) is 1.57. The molecule has 0 aliphatic rings. The zero-order chi connectivity index (χ0) is 21.9. The number of benzene rings is 2. The molecule has 0 atom stereocenters. The summed E-state index contributed by atoms with van der Waals surface area (Å²) in [5.41, 5.74) is 1.90. The Morgan fingerprint density at radius 2 is 1.86 bits per heavy atom. The third kappa shape index (κ3) is 3.59. The number of imidazole rings is 1. The van der Waals surface area contributed by atoms with Crippen LogP contribution in [0, 0.1) is 5.82 Å². The van der Waals surface area contributed by atoms with Crippen molar-refractivity contribution in [1.29, 1.82) is 0 Å². The van der Waals surface area contributed by atoms with Gasteiger partial charge in [0.2, 0.25) is 5.95 Å². The van der Waals surface area contributed by atoms with Gasteiger partial charge in [0.05, 0.1) is 20.6 Å². The zero-order valence-electron chi connectivity index (χ0n) is 14.1.